The Kier molecular flexibility index (Phi) is 11.1. The summed E-state index contributed by atoms with van der Waals surface area (Å²) >= 11 is 0. The van der Waals surface area contributed by atoms with Crippen LogP contribution < -0.4 is 14.8 Å². The van der Waals surface area contributed by atoms with Crippen LogP contribution in [0.4, 0.5) is 0 Å². The molecule has 1 heterocycles. The van der Waals surface area contributed by atoms with Crippen LogP contribution in [-0.4, -0.2) is 81.3 Å². The van der Waals surface area contributed by atoms with Gasteiger partial charge in [-0.05, 0) is 23.8 Å². The average Bonchev–Trinajstić information content (AvgIpc) is 2.84. The van der Waals surface area contributed by atoms with Crippen LogP contribution >= 0.6 is 0 Å². The number of ether oxygens (including phenoxy) is 7. The van der Waals surface area contributed by atoms with Gasteiger partial charge in [0.15, 0.2) is 23.7 Å². The van der Waals surface area contributed by atoms with Gasteiger partial charge in [-0.25, -0.2) is 4.79 Å². The highest BCUT2D eigenvalue weighted by Gasteiger charge is 2.52. The zero-order valence-electron chi connectivity index (χ0n) is 21.9. The summed E-state index contributed by atoms with van der Waals surface area (Å²) in [5.74, 6) is -2.73. The predicted molar refractivity (Wildman–Crippen MR) is 129 cm³/mol. The van der Waals surface area contributed by atoms with Crippen LogP contribution in [0.3, 0.4) is 0 Å². The minimum Gasteiger partial charge on any atom is -0.493 e. The van der Waals surface area contributed by atoms with Crippen LogP contribution in [0, 0.1) is 0 Å². The highest BCUT2D eigenvalue weighted by Crippen LogP contribution is 2.34. The smallest absolute Gasteiger partial charge is 0.330 e. The van der Waals surface area contributed by atoms with Crippen LogP contribution in [0.5, 0.6) is 11.5 Å². The molecule has 0 bridgehead atoms. The van der Waals surface area contributed by atoms with Crippen molar-refractivity contribution in [3.63, 3.8) is 0 Å². The second-order valence-electron chi connectivity index (χ2n) is 8.10. The first-order valence-electron chi connectivity index (χ1n) is 11.5. The summed E-state index contributed by atoms with van der Waals surface area (Å²) < 4.78 is 37.9. The molecule has 5 unspecified atom stereocenters. The Bertz CT molecular complexity index is 1070. The maximum atomic E-state index is 12.1. The number of carbonyl (C=O) groups is 5. The van der Waals surface area contributed by atoms with Gasteiger partial charge in [0.2, 0.25) is 12.2 Å². The van der Waals surface area contributed by atoms with Crippen molar-refractivity contribution in [3.8, 4) is 11.5 Å². The molecule has 0 radical (unpaired) electrons. The maximum absolute atomic E-state index is 12.1. The number of amides is 1. The van der Waals surface area contributed by atoms with Gasteiger partial charge in [-0.15, -0.1) is 0 Å². The number of methoxy groups -OCH3 is 2. The summed E-state index contributed by atoms with van der Waals surface area (Å²) in [5, 5.41) is 2.62. The minimum absolute atomic E-state index is 0.168. The molecule has 13 heteroatoms. The molecule has 1 aliphatic rings. The highest BCUT2D eigenvalue weighted by atomic mass is 16.7. The average molecular weight is 538 g/mol. The van der Waals surface area contributed by atoms with Crippen molar-refractivity contribution in [2.75, 3.05) is 20.8 Å². The van der Waals surface area contributed by atoms with E-state index in [-0.39, 0.29) is 18.1 Å². The molecule has 13 nitrogen and oxygen atoms in total. The van der Waals surface area contributed by atoms with E-state index in [2.05, 4.69) is 10.1 Å². The molecule has 1 fully saturated rings. The van der Waals surface area contributed by atoms with Crippen LogP contribution in [0.1, 0.15) is 33.3 Å². The Balaban J connectivity index is 2.49. The molecule has 5 atom stereocenters. The van der Waals surface area contributed by atoms with Crippen molar-refractivity contribution in [2.24, 2.45) is 0 Å². The number of nitrogens with one attached hydrogen (secondary N) is 1. The molecule has 0 aliphatic carbocycles. The van der Waals surface area contributed by atoms with Crippen LogP contribution in [0.2, 0.25) is 0 Å². The molecule has 1 saturated heterocycles. The summed E-state index contributed by atoms with van der Waals surface area (Å²) in [6, 6.07) is 3.57. The maximum Gasteiger partial charge on any atom is 0.330 e. The highest BCUT2D eigenvalue weighted by molar-refractivity contribution is 5.87. The van der Waals surface area contributed by atoms with E-state index >= 15 is 0 Å². The summed E-state index contributed by atoms with van der Waals surface area (Å²) in [5.41, 5.74) is 0.586. The lowest BCUT2D eigenvalue weighted by Crippen LogP contribution is -2.67. The molecule has 1 aromatic rings. The van der Waals surface area contributed by atoms with E-state index in [9.17, 15) is 24.0 Å². The fourth-order valence-electron chi connectivity index (χ4n) is 3.63. The van der Waals surface area contributed by atoms with Crippen LogP contribution in [0.25, 0.3) is 6.08 Å². The minimum atomic E-state index is -1.32. The van der Waals surface area contributed by atoms with Crippen molar-refractivity contribution in [3.05, 3.63) is 29.8 Å². The van der Waals surface area contributed by atoms with Gasteiger partial charge in [0.1, 0.15) is 18.8 Å². The molecule has 0 spiro atoms. The number of benzene rings is 1. The number of carbonyl (C=O) groups excluding carboxylic acids is 5. The third kappa shape index (κ3) is 8.76. The molecular weight excluding hydrogens is 506 g/mol. The second kappa shape index (κ2) is 14.0. The van der Waals surface area contributed by atoms with E-state index in [0.29, 0.717) is 5.56 Å². The molecule has 208 valence electrons. The molecule has 1 N–H and O–H groups in total. The van der Waals surface area contributed by atoms with E-state index in [1.165, 1.54) is 46.3 Å². The molecule has 38 heavy (non-hydrogen) atoms. The molecule has 1 aromatic carbocycles. The molecule has 1 aliphatic heterocycles. The van der Waals surface area contributed by atoms with Crippen molar-refractivity contribution >= 4 is 35.9 Å². The van der Waals surface area contributed by atoms with Crippen molar-refractivity contribution in [2.45, 2.75) is 58.3 Å². The molecule has 1 amide bonds. The van der Waals surface area contributed by atoms with Gasteiger partial charge in [0.05, 0.1) is 14.2 Å². The summed E-state index contributed by atoms with van der Waals surface area (Å²) in [7, 11) is 2.65. The summed E-state index contributed by atoms with van der Waals surface area (Å²) in [6.07, 6.45) is -2.24. The van der Waals surface area contributed by atoms with Gasteiger partial charge in [0.25, 0.3) is 0 Å². The normalized spacial score (nSPS) is 22.6. The molecule has 0 saturated carbocycles. The Morgan fingerprint density at radius 1 is 0.921 bits per heavy atom. The quantitative estimate of drug-likeness (QED) is 0.255. The first-order chi connectivity index (χ1) is 17.9. The first kappa shape index (κ1) is 30.1. The van der Waals surface area contributed by atoms with Gasteiger partial charge < -0.3 is 38.5 Å². The van der Waals surface area contributed by atoms with Gasteiger partial charge in [-0.3, -0.25) is 19.2 Å². The van der Waals surface area contributed by atoms with Gasteiger partial charge in [0, 0.05) is 33.8 Å². The third-order valence-corrected chi connectivity index (χ3v) is 5.12. The summed E-state index contributed by atoms with van der Waals surface area (Å²) in [6.45, 7) is 4.33. The van der Waals surface area contributed by atoms with Crippen molar-refractivity contribution in [1.82, 2.24) is 5.32 Å². The largest absolute Gasteiger partial charge is 0.493 e. The Labute approximate surface area is 219 Å². The zero-order chi connectivity index (χ0) is 28.4. The van der Waals surface area contributed by atoms with E-state index in [1.807, 2.05) is 0 Å². The molecular formula is C25H31NO12. The van der Waals surface area contributed by atoms with Gasteiger partial charge in [-0.1, -0.05) is 6.07 Å². The van der Waals surface area contributed by atoms with Gasteiger partial charge in [-0.2, -0.15) is 0 Å². The molecule has 0 aromatic heterocycles. The second-order valence-corrected chi connectivity index (χ2v) is 8.10. The summed E-state index contributed by atoms with van der Waals surface area (Å²) in [4.78, 5) is 58.8. The zero-order valence-corrected chi connectivity index (χ0v) is 21.9. The Morgan fingerprint density at radius 3 is 2.13 bits per heavy atom. The fraction of sp³-hybridized carbons (Fsp3) is 0.480. The van der Waals surface area contributed by atoms with E-state index < -0.39 is 60.4 Å². The first-order valence-corrected chi connectivity index (χ1v) is 11.5. The topological polar surface area (TPSA) is 162 Å². The number of esters is 4. The van der Waals surface area contributed by atoms with E-state index in [4.69, 9.17) is 28.4 Å². The predicted octanol–water partition coefficient (Wildman–Crippen LogP) is 0.916. The van der Waals surface area contributed by atoms with Crippen molar-refractivity contribution < 1.29 is 57.1 Å². The SMILES string of the molecule is COC(=O)C=Cc1ccc(OC2OC(COC(C)=O)C(OC(C)=O)C(OC(C)=O)C2NC(C)=O)c(OC)c1. The van der Waals surface area contributed by atoms with Gasteiger partial charge >= 0.3 is 23.9 Å². The van der Waals surface area contributed by atoms with Crippen LogP contribution in [-0.2, 0) is 47.7 Å². The fourth-order valence-corrected chi connectivity index (χ4v) is 3.63. The lowest BCUT2D eigenvalue weighted by molar-refractivity contribution is -0.257. The number of hydrogen-bond donors (Lipinski definition) is 1. The van der Waals surface area contributed by atoms with E-state index in [1.54, 1.807) is 12.1 Å². The lowest BCUT2D eigenvalue weighted by atomic mass is 9.96. The monoisotopic (exact) mass is 537 g/mol. The Hall–Kier alpha value is -4.13. The Morgan fingerprint density at radius 2 is 1.58 bits per heavy atom. The molecule has 2 rings (SSSR count). The number of hydrogen-bond acceptors (Lipinski definition) is 12. The standard InChI is InChI=1S/C25H31NO12/c1-13(27)26-22-24(36-16(4)30)23(35-15(3)29)20(12-34-14(2)28)38-25(22)37-18-9-7-17(11-19(18)32-5)8-10-21(31)33-6/h7-11,20,22-25H,12H2,1-6H3,(H,26,27). The van der Waals surface area contributed by atoms with E-state index in [0.717, 1.165) is 13.8 Å². The lowest BCUT2D eigenvalue weighted by Gasteiger charge is -2.44. The van der Waals surface area contributed by atoms with Crippen LogP contribution in [0.15, 0.2) is 24.3 Å². The van der Waals surface area contributed by atoms with Crippen molar-refractivity contribution in [1.29, 1.82) is 0 Å². The third-order valence-electron chi connectivity index (χ3n) is 5.12. The number of rotatable bonds is 10.